The highest BCUT2D eigenvalue weighted by Gasteiger charge is 2.30. The van der Waals surface area contributed by atoms with Gasteiger partial charge >= 0.3 is 0 Å². The highest BCUT2D eigenvalue weighted by molar-refractivity contribution is 6.06. The van der Waals surface area contributed by atoms with Gasteiger partial charge in [-0.05, 0) is 12.5 Å². The Labute approximate surface area is 160 Å². The van der Waals surface area contributed by atoms with Crippen molar-refractivity contribution in [3.05, 3.63) is 64.1 Å². The van der Waals surface area contributed by atoms with Gasteiger partial charge in [0.15, 0.2) is 0 Å². The average molecular weight is 382 g/mol. The lowest BCUT2D eigenvalue weighted by Gasteiger charge is -2.18. The summed E-state index contributed by atoms with van der Waals surface area (Å²) in [4.78, 5) is 37.0. The van der Waals surface area contributed by atoms with Crippen molar-refractivity contribution in [2.75, 3.05) is 13.1 Å². The van der Waals surface area contributed by atoms with Gasteiger partial charge < -0.3 is 14.6 Å². The van der Waals surface area contributed by atoms with E-state index < -0.39 is 5.82 Å². The summed E-state index contributed by atoms with van der Waals surface area (Å²) in [6.07, 6.45) is 1.90. The van der Waals surface area contributed by atoms with Crippen LogP contribution in [0.4, 0.5) is 4.39 Å². The van der Waals surface area contributed by atoms with Gasteiger partial charge in [-0.25, -0.2) is 4.98 Å². The second-order valence-corrected chi connectivity index (χ2v) is 6.67. The van der Waals surface area contributed by atoms with Gasteiger partial charge in [0.25, 0.3) is 11.8 Å². The van der Waals surface area contributed by atoms with E-state index in [0.29, 0.717) is 48.1 Å². The Balaban J connectivity index is 1.54. The van der Waals surface area contributed by atoms with Gasteiger partial charge in [-0.2, -0.15) is 9.37 Å². The molecule has 7 nitrogen and oxygen atoms in total. The van der Waals surface area contributed by atoms with Crippen LogP contribution in [-0.2, 0) is 6.42 Å². The van der Waals surface area contributed by atoms with Crippen LogP contribution in [0.25, 0.3) is 10.9 Å². The highest BCUT2D eigenvalue weighted by atomic mass is 19.1. The summed E-state index contributed by atoms with van der Waals surface area (Å²) in [6, 6.07) is 8.48. The lowest BCUT2D eigenvalue weighted by molar-refractivity contribution is 0.0771. The monoisotopic (exact) mass is 382 g/mol. The van der Waals surface area contributed by atoms with E-state index in [2.05, 4.69) is 15.0 Å². The fourth-order valence-electron chi connectivity index (χ4n) is 3.44. The van der Waals surface area contributed by atoms with Crippen LogP contribution in [0.2, 0.25) is 0 Å². The molecular weight excluding hydrogens is 363 g/mol. The van der Waals surface area contributed by atoms with Crippen molar-refractivity contribution in [1.29, 1.82) is 0 Å². The van der Waals surface area contributed by atoms with Gasteiger partial charge in [-0.15, -0.1) is 0 Å². The molecule has 4 rings (SSSR count). The Morgan fingerprint density at radius 2 is 2.18 bits per heavy atom. The number of nitrogens with zero attached hydrogens (tertiary/aromatic N) is 3. The molecule has 3 aromatic rings. The number of rotatable bonds is 4. The number of fused-ring (bicyclic) bond motifs is 1. The zero-order valence-electron chi connectivity index (χ0n) is 15.3. The summed E-state index contributed by atoms with van der Waals surface area (Å²) in [7, 11) is 0. The topological polar surface area (TPSA) is 88.2 Å². The molecule has 1 aliphatic heterocycles. The van der Waals surface area contributed by atoms with Gasteiger partial charge in [0.05, 0.1) is 17.8 Å². The zero-order valence-corrected chi connectivity index (χ0v) is 15.3. The van der Waals surface area contributed by atoms with Gasteiger partial charge in [-0.3, -0.25) is 9.59 Å². The molecule has 0 radical (unpaired) electrons. The molecule has 8 heteroatoms. The van der Waals surface area contributed by atoms with Gasteiger partial charge in [-0.1, -0.05) is 25.1 Å². The Morgan fingerprint density at radius 1 is 1.36 bits per heavy atom. The van der Waals surface area contributed by atoms with Crippen molar-refractivity contribution in [3.8, 4) is 5.88 Å². The highest BCUT2D eigenvalue weighted by Crippen LogP contribution is 2.23. The number of aromatic nitrogens is 3. The van der Waals surface area contributed by atoms with E-state index in [1.165, 1.54) is 12.4 Å². The second kappa shape index (κ2) is 7.38. The van der Waals surface area contributed by atoms with Crippen LogP contribution >= 0.6 is 0 Å². The molecule has 28 heavy (non-hydrogen) atoms. The minimum atomic E-state index is -0.560. The summed E-state index contributed by atoms with van der Waals surface area (Å²) in [5.74, 6) is -0.895. The summed E-state index contributed by atoms with van der Waals surface area (Å²) in [6.45, 7) is 2.56. The number of benzene rings is 1. The Hall–Kier alpha value is -3.29. The third-order valence-electron chi connectivity index (χ3n) is 4.86. The molecule has 1 saturated heterocycles. The lowest BCUT2D eigenvalue weighted by Crippen LogP contribution is -2.32. The molecule has 144 valence electrons. The van der Waals surface area contributed by atoms with E-state index in [9.17, 15) is 14.0 Å². The fourth-order valence-corrected chi connectivity index (χ4v) is 3.44. The minimum Gasteiger partial charge on any atom is -0.470 e. The number of pyridine rings is 1. The third-order valence-corrected chi connectivity index (χ3v) is 4.86. The van der Waals surface area contributed by atoms with Crippen molar-refractivity contribution in [2.45, 2.75) is 25.9 Å². The zero-order chi connectivity index (χ0) is 19.7. The van der Waals surface area contributed by atoms with Crippen LogP contribution in [0.3, 0.4) is 0 Å². The van der Waals surface area contributed by atoms with E-state index in [1.807, 2.05) is 6.07 Å². The number of likely N-dealkylation sites (tertiary alicyclic amines) is 1. The first-order valence-corrected chi connectivity index (χ1v) is 9.14. The van der Waals surface area contributed by atoms with E-state index in [1.54, 1.807) is 30.0 Å². The predicted molar refractivity (Wildman–Crippen MR) is 101 cm³/mol. The van der Waals surface area contributed by atoms with Crippen molar-refractivity contribution in [1.82, 2.24) is 19.9 Å². The number of hydrogen-bond acceptors (Lipinski definition) is 5. The van der Waals surface area contributed by atoms with Crippen molar-refractivity contribution in [2.24, 2.45) is 0 Å². The molecular formula is C20H19FN4O3. The molecule has 0 bridgehead atoms. The minimum absolute atomic E-state index is 0.0900. The van der Waals surface area contributed by atoms with Crippen LogP contribution < -0.4 is 10.3 Å². The molecule has 0 saturated carbocycles. The van der Waals surface area contributed by atoms with Gasteiger partial charge in [0.1, 0.15) is 12.4 Å². The standard InChI is InChI=1S/C20H19FN4O3/c1-2-15-18(21)19(23-11-22-15)28-12-7-8-25(10-12)20(27)14-9-17(26)24-16-6-4-3-5-13(14)16/h3-6,9,11-12H,2,7-8,10H2,1H3,(H,24,26)/t12-/m1/s1. The molecule has 2 aromatic heterocycles. The van der Waals surface area contributed by atoms with Crippen molar-refractivity contribution >= 4 is 16.8 Å². The Kier molecular flexibility index (Phi) is 4.77. The summed E-state index contributed by atoms with van der Waals surface area (Å²) >= 11 is 0. The maximum atomic E-state index is 14.3. The van der Waals surface area contributed by atoms with Crippen LogP contribution in [-0.4, -0.2) is 45.0 Å². The maximum Gasteiger partial charge on any atom is 0.254 e. The maximum absolute atomic E-state index is 14.3. The second-order valence-electron chi connectivity index (χ2n) is 6.67. The smallest absolute Gasteiger partial charge is 0.254 e. The van der Waals surface area contributed by atoms with Gasteiger partial charge in [0.2, 0.25) is 11.4 Å². The van der Waals surface area contributed by atoms with Gasteiger partial charge in [0, 0.05) is 29.9 Å². The fraction of sp³-hybridized carbons (Fsp3) is 0.300. The number of halogens is 1. The van der Waals surface area contributed by atoms with Crippen molar-refractivity contribution in [3.63, 3.8) is 0 Å². The lowest BCUT2D eigenvalue weighted by atomic mass is 10.1. The normalized spacial score (nSPS) is 16.5. The Morgan fingerprint density at radius 3 is 3.00 bits per heavy atom. The van der Waals surface area contributed by atoms with Crippen molar-refractivity contribution < 1.29 is 13.9 Å². The number of H-pyrrole nitrogens is 1. The molecule has 0 unspecified atom stereocenters. The SMILES string of the molecule is CCc1ncnc(O[C@@H]2CCN(C(=O)c3cc(=O)[nH]c4ccccc34)C2)c1F. The first-order valence-electron chi connectivity index (χ1n) is 9.14. The predicted octanol–water partition coefficient (Wildman–Crippen LogP) is 2.31. The number of aryl methyl sites for hydroxylation is 1. The average Bonchev–Trinajstić information content (AvgIpc) is 3.17. The molecule has 1 fully saturated rings. The molecule has 3 heterocycles. The molecule has 1 N–H and O–H groups in total. The quantitative estimate of drug-likeness (QED) is 0.748. The number of hydrogen-bond donors (Lipinski definition) is 1. The molecule has 0 spiro atoms. The number of nitrogens with one attached hydrogen (secondary N) is 1. The number of carbonyl (C=O) groups is 1. The first-order chi connectivity index (χ1) is 13.6. The molecule has 1 aromatic carbocycles. The van der Waals surface area contributed by atoms with E-state index >= 15 is 0 Å². The summed E-state index contributed by atoms with van der Waals surface area (Å²) in [5.41, 5.74) is 0.928. The van der Waals surface area contributed by atoms with Crippen LogP contribution in [0.5, 0.6) is 5.88 Å². The number of aromatic amines is 1. The molecule has 0 aliphatic carbocycles. The number of para-hydroxylation sites is 1. The largest absolute Gasteiger partial charge is 0.470 e. The molecule has 1 atom stereocenters. The number of carbonyl (C=O) groups excluding carboxylic acids is 1. The number of ether oxygens (including phenoxy) is 1. The number of amides is 1. The first kappa shape index (κ1) is 18.1. The summed E-state index contributed by atoms with van der Waals surface area (Å²) < 4.78 is 20.0. The van der Waals surface area contributed by atoms with E-state index in [-0.39, 0.29) is 23.5 Å². The van der Waals surface area contributed by atoms with Crippen LogP contribution in [0, 0.1) is 5.82 Å². The van der Waals surface area contributed by atoms with Crippen LogP contribution in [0.1, 0.15) is 29.4 Å². The van der Waals surface area contributed by atoms with Crippen LogP contribution in [0.15, 0.2) is 41.5 Å². The van der Waals surface area contributed by atoms with E-state index in [4.69, 9.17) is 4.74 Å². The third kappa shape index (κ3) is 3.33. The van der Waals surface area contributed by atoms with E-state index in [0.717, 1.165) is 0 Å². The molecule has 1 aliphatic rings. The Bertz CT molecular complexity index is 1100. The molecule has 1 amide bonds. The summed E-state index contributed by atoms with van der Waals surface area (Å²) in [5, 5.41) is 0.686.